The van der Waals surface area contributed by atoms with E-state index in [1.165, 1.54) is 5.56 Å². The van der Waals surface area contributed by atoms with Crippen molar-refractivity contribution in [3.63, 3.8) is 0 Å². The minimum absolute atomic E-state index is 0.0140. The van der Waals surface area contributed by atoms with Gasteiger partial charge in [0.05, 0.1) is 0 Å². The SMILES string of the molecule is CC(C)C(NC(=O)c1ccc(C(C)(C)C)cc1)C(=O)N1CCC(CN)CC1. The molecule has 1 unspecified atom stereocenters. The average Bonchev–Trinajstić information content (AvgIpc) is 2.64. The normalized spacial score (nSPS) is 17.1. The number of nitrogens with one attached hydrogen (secondary N) is 1. The van der Waals surface area contributed by atoms with Gasteiger partial charge in [0.15, 0.2) is 0 Å². The Labute approximate surface area is 163 Å². The van der Waals surface area contributed by atoms with Gasteiger partial charge in [0.25, 0.3) is 5.91 Å². The summed E-state index contributed by atoms with van der Waals surface area (Å²) in [6.07, 6.45) is 1.88. The molecule has 0 bridgehead atoms. The van der Waals surface area contributed by atoms with Gasteiger partial charge in [0.1, 0.15) is 6.04 Å². The summed E-state index contributed by atoms with van der Waals surface area (Å²) >= 11 is 0. The second-order valence-electron chi connectivity index (χ2n) is 9.03. The molecule has 1 aliphatic rings. The van der Waals surface area contributed by atoms with Crippen LogP contribution in [-0.2, 0) is 10.2 Å². The van der Waals surface area contributed by atoms with Gasteiger partial charge in [-0.15, -0.1) is 0 Å². The van der Waals surface area contributed by atoms with E-state index in [-0.39, 0.29) is 23.1 Å². The predicted molar refractivity (Wildman–Crippen MR) is 110 cm³/mol. The highest BCUT2D eigenvalue weighted by atomic mass is 16.2. The third-order valence-corrected chi connectivity index (χ3v) is 5.49. The summed E-state index contributed by atoms with van der Waals surface area (Å²) < 4.78 is 0. The van der Waals surface area contributed by atoms with Gasteiger partial charge >= 0.3 is 0 Å². The van der Waals surface area contributed by atoms with Gasteiger partial charge in [0.2, 0.25) is 5.91 Å². The maximum Gasteiger partial charge on any atom is 0.251 e. The van der Waals surface area contributed by atoms with Crippen molar-refractivity contribution in [2.75, 3.05) is 19.6 Å². The average molecular weight is 374 g/mol. The third-order valence-electron chi connectivity index (χ3n) is 5.49. The zero-order chi connectivity index (χ0) is 20.2. The molecule has 1 saturated heterocycles. The Kier molecular flexibility index (Phi) is 7.04. The van der Waals surface area contributed by atoms with Gasteiger partial charge in [-0.1, -0.05) is 46.8 Å². The first-order chi connectivity index (χ1) is 12.6. The maximum absolute atomic E-state index is 13.0. The molecule has 5 heteroatoms. The summed E-state index contributed by atoms with van der Waals surface area (Å²) in [5.74, 6) is 0.351. The Balaban J connectivity index is 2.05. The van der Waals surface area contributed by atoms with Gasteiger partial charge in [0, 0.05) is 18.7 Å². The summed E-state index contributed by atoms with van der Waals surface area (Å²) in [7, 11) is 0. The van der Waals surface area contributed by atoms with Gasteiger partial charge in [-0.3, -0.25) is 9.59 Å². The quantitative estimate of drug-likeness (QED) is 0.833. The van der Waals surface area contributed by atoms with Crippen molar-refractivity contribution in [1.29, 1.82) is 0 Å². The van der Waals surface area contributed by atoms with Crippen LogP contribution >= 0.6 is 0 Å². The molecule has 0 saturated carbocycles. The molecular weight excluding hydrogens is 338 g/mol. The third kappa shape index (κ3) is 5.55. The topological polar surface area (TPSA) is 75.4 Å². The summed E-state index contributed by atoms with van der Waals surface area (Å²) in [5.41, 5.74) is 7.55. The molecule has 1 aromatic rings. The highest BCUT2D eigenvalue weighted by Gasteiger charge is 2.31. The largest absolute Gasteiger partial charge is 0.341 e. The highest BCUT2D eigenvalue weighted by molar-refractivity contribution is 5.97. The first-order valence-electron chi connectivity index (χ1n) is 10.0. The number of piperidine rings is 1. The number of likely N-dealkylation sites (tertiary alicyclic amines) is 1. The van der Waals surface area contributed by atoms with E-state index in [1.807, 2.05) is 43.0 Å². The maximum atomic E-state index is 13.0. The molecule has 1 heterocycles. The first kappa shape index (κ1) is 21.4. The molecule has 1 fully saturated rings. The smallest absolute Gasteiger partial charge is 0.251 e. The van der Waals surface area contributed by atoms with Crippen LogP contribution in [0.2, 0.25) is 0 Å². The van der Waals surface area contributed by atoms with Crippen LogP contribution in [0.25, 0.3) is 0 Å². The van der Waals surface area contributed by atoms with Crippen molar-refractivity contribution in [2.24, 2.45) is 17.6 Å². The van der Waals surface area contributed by atoms with Crippen LogP contribution in [0.15, 0.2) is 24.3 Å². The molecule has 0 radical (unpaired) electrons. The lowest BCUT2D eigenvalue weighted by molar-refractivity contribution is -0.135. The fourth-order valence-electron chi connectivity index (χ4n) is 3.45. The Bertz CT molecular complexity index is 639. The number of amides is 2. The highest BCUT2D eigenvalue weighted by Crippen LogP contribution is 2.22. The van der Waals surface area contributed by atoms with Crippen LogP contribution in [0, 0.1) is 11.8 Å². The molecule has 27 heavy (non-hydrogen) atoms. The van der Waals surface area contributed by atoms with Crippen molar-refractivity contribution in [1.82, 2.24) is 10.2 Å². The Morgan fingerprint density at radius 1 is 1.15 bits per heavy atom. The Hall–Kier alpha value is -1.88. The van der Waals surface area contributed by atoms with E-state index in [2.05, 4.69) is 26.1 Å². The van der Waals surface area contributed by atoms with Gasteiger partial charge in [-0.2, -0.15) is 0 Å². The molecule has 1 atom stereocenters. The van der Waals surface area contributed by atoms with Crippen LogP contribution in [0.5, 0.6) is 0 Å². The molecule has 0 aromatic heterocycles. The fraction of sp³-hybridized carbons (Fsp3) is 0.636. The second kappa shape index (κ2) is 8.87. The number of hydrogen-bond donors (Lipinski definition) is 2. The number of carbonyl (C=O) groups is 2. The summed E-state index contributed by atoms with van der Waals surface area (Å²) in [4.78, 5) is 27.5. The molecule has 2 rings (SSSR count). The molecule has 0 spiro atoms. The molecule has 5 nitrogen and oxygen atoms in total. The van der Waals surface area contributed by atoms with Crippen molar-refractivity contribution < 1.29 is 9.59 Å². The minimum atomic E-state index is -0.505. The van der Waals surface area contributed by atoms with E-state index in [0.29, 0.717) is 18.0 Å². The Morgan fingerprint density at radius 3 is 2.15 bits per heavy atom. The molecule has 1 aliphatic heterocycles. The van der Waals surface area contributed by atoms with Crippen LogP contribution < -0.4 is 11.1 Å². The first-order valence-corrected chi connectivity index (χ1v) is 10.0. The van der Waals surface area contributed by atoms with E-state index in [9.17, 15) is 9.59 Å². The predicted octanol–water partition coefficient (Wildman–Crippen LogP) is 2.94. The van der Waals surface area contributed by atoms with E-state index < -0.39 is 6.04 Å². The molecule has 2 amide bonds. The monoisotopic (exact) mass is 373 g/mol. The lowest BCUT2D eigenvalue weighted by Crippen LogP contribution is -2.53. The van der Waals surface area contributed by atoms with E-state index >= 15 is 0 Å². The fourth-order valence-corrected chi connectivity index (χ4v) is 3.45. The summed E-state index contributed by atoms with van der Waals surface area (Å²) in [6.45, 7) is 12.5. The van der Waals surface area contributed by atoms with Crippen LogP contribution in [0.4, 0.5) is 0 Å². The standard InChI is InChI=1S/C22H35N3O2/c1-15(2)19(21(27)25-12-10-16(14-23)11-13-25)24-20(26)17-6-8-18(9-7-17)22(3,4)5/h6-9,15-16,19H,10-14,23H2,1-5H3,(H,24,26). The summed E-state index contributed by atoms with van der Waals surface area (Å²) in [6, 6.07) is 7.14. The molecule has 0 aliphatic carbocycles. The van der Waals surface area contributed by atoms with Gasteiger partial charge in [-0.05, 0) is 54.3 Å². The second-order valence-corrected chi connectivity index (χ2v) is 9.03. The number of rotatable bonds is 5. The lowest BCUT2D eigenvalue weighted by atomic mass is 9.86. The van der Waals surface area contributed by atoms with E-state index in [4.69, 9.17) is 5.73 Å². The molecular formula is C22H35N3O2. The number of hydrogen-bond acceptors (Lipinski definition) is 3. The molecule has 150 valence electrons. The summed E-state index contributed by atoms with van der Waals surface area (Å²) in [5, 5.41) is 2.96. The van der Waals surface area contributed by atoms with Crippen LogP contribution in [0.3, 0.4) is 0 Å². The number of benzene rings is 1. The Morgan fingerprint density at radius 2 is 1.70 bits per heavy atom. The number of carbonyl (C=O) groups excluding carboxylic acids is 2. The van der Waals surface area contributed by atoms with Crippen molar-refractivity contribution in [3.05, 3.63) is 35.4 Å². The number of nitrogens with zero attached hydrogens (tertiary/aromatic N) is 1. The van der Waals surface area contributed by atoms with Crippen molar-refractivity contribution in [3.8, 4) is 0 Å². The van der Waals surface area contributed by atoms with Crippen molar-refractivity contribution in [2.45, 2.75) is 58.9 Å². The van der Waals surface area contributed by atoms with E-state index in [1.54, 1.807) is 0 Å². The molecule has 1 aromatic carbocycles. The van der Waals surface area contributed by atoms with Crippen LogP contribution in [-0.4, -0.2) is 42.4 Å². The minimum Gasteiger partial charge on any atom is -0.341 e. The zero-order valence-corrected chi connectivity index (χ0v) is 17.4. The zero-order valence-electron chi connectivity index (χ0n) is 17.4. The molecule has 3 N–H and O–H groups in total. The van der Waals surface area contributed by atoms with Gasteiger partial charge < -0.3 is 16.0 Å². The van der Waals surface area contributed by atoms with E-state index in [0.717, 1.165) is 25.9 Å². The van der Waals surface area contributed by atoms with Crippen LogP contribution in [0.1, 0.15) is 63.4 Å². The lowest BCUT2D eigenvalue weighted by Gasteiger charge is -2.35. The van der Waals surface area contributed by atoms with Gasteiger partial charge in [-0.25, -0.2) is 0 Å². The number of nitrogens with two attached hydrogens (primary N) is 1. The van der Waals surface area contributed by atoms with Crippen molar-refractivity contribution >= 4 is 11.8 Å².